The molecule has 1 N–H and O–H groups in total. The summed E-state index contributed by atoms with van der Waals surface area (Å²) in [4.78, 5) is 39.4. The number of carbonyl (C=O) groups is 2. The Morgan fingerprint density at radius 3 is 2.59 bits per heavy atom. The maximum Gasteiger partial charge on any atom is 0.326 e. The molecule has 0 aliphatic carbocycles. The number of aliphatic carboxylic acids is 1. The van der Waals surface area contributed by atoms with E-state index in [1.807, 2.05) is 30.3 Å². The zero-order valence-electron chi connectivity index (χ0n) is 15.6. The fourth-order valence-corrected chi connectivity index (χ4v) is 3.80. The molecule has 1 fully saturated rings. The van der Waals surface area contributed by atoms with E-state index in [0.717, 1.165) is 10.2 Å². The number of aromatic nitrogens is 3. The molecule has 148 valence electrons. The lowest BCUT2D eigenvalue weighted by atomic mass is 10.0. The summed E-state index contributed by atoms with van der Waals surface area (Å²) in [5.41, 5.74) is 0.874. The second-order valence-corrected chi connectivity index (χ2v) is 7.09. The molecule has 2 atom stereocenters. The van der Waals surface area contributed by atoms with Gasteiger partial charge in [-0.3, -0.25) is 9.59 Å². The summed E-state index contributed by atoms with van der Waals surface area (Å²) in [7, 11) is 0. The van der Waals surface area contributed by atoms with E-state index in [0.29, 0.717) is 30.3 Å². The normalized spacial score (nSPS) is 17.4. The second-order valence-electron chi connectivity index (χ2n) is 7.09. The van der Waals surface area contributed by atoms with Gasteiger partial charge in [0, 0.05) is 13.0 Å². The van der Waals surface area contributed by atoms with Crippen molar-refractivity contribution >= 4 is 22.8 Å². The molecule has 2 heterocycles. The Balaban J connectivity index is 1.79. The van der Waals surface area contributed by atoms with Gasteiger partial charge in [0.15, 0.2) is 0 Å². The fourth-order valence-electron chi connectivity index (χ4n) is 3.80. The van der Waals surface area contributed by atoms with Crippen molar-refractivity contribution in [1.29, 1.82) is 0 Å². The summed E-state index contributed by atoms with van der Waals surface area (Å²) in [6.07, 6.45) is 1.23. The quantitative estimate of drug-likeness (QED) is 0.708. The van der Waals surface area contributed by atoms with Gasteiger partial charge in [-0.05, 0) is 30.5 Å². The monoisotopic (exact) mass is 392 g/mol. The molecule has 0 spiro atoms. The van der Waals surface area contributed by atoms with Crippen molar-refractivity contribution in [1.82, 2.24) is 19.9 Å². The van der Waals surface area contributed by atoms with Crippen LogP contribution in [0.2, 0.25) is 0 Å². The van der Waals surface area contributed by atoms with Crippen LogP contribution in [0.15, 0.2) is 59.4 Å². The largest absolute Gasteiger partial charge is 0.480 e. The van der Waals surface area contributed by atoms with Crippen LogP contribution in [-0.4, -0.2) is 49.5 Å². The van der Waals surface area contributed by atoms with Gasteiger partial charge < -0.3 is 10.0 Å². The Morgan fingerprint density at radius 2 is 1.83 bits per heavy atom. The molecule has 1 saturated heterocycles. The summed E-state index contributed by atoms with van der Waals surface area (Å²) in [5, 5.41) is 18.0. The van der Waals surface area contributed by atoms with Crippen LogP contribution in [-0.2, 0) is 16.0 Å². The van der Waals surface area contributed by atoms with E-state index in [9.17, 15) is 19.5 Å². The maximum absolute atomic E-state index is 13.4. The lowest BCUT2D eigenvalue weighted by Crippen LogP contribution is -2.47. The van der Waals surface area contributed by atoms with Gasteiger partial charge in [-0.2, -0.15) is 4.68 Å². The summed E-state index contributed by atoms with van der Waals surface area (Å²) in [5.74, 6) is -1.46. The summed E-state index contributed by atoms with van der Waals surface area (Å²) < 4.78 is 1.09. The van der Waals surface area contributed by atoms with Crippen molar-refractivity contribution in [3.05, 3.63) is 70.5 Å². The number of nitrogens with zero attached hydrogens (tertiary/aromatic N) is 4. The van der Waals surface area contributed by atoms with Gasteiger partial charge in [-0.15, -0.1) is 5.10 Å². The van der Waals surface area contributed by atoms with E-state index < -0.39 is 29.5 Å². The third-order valence-electron chi connectivity index (χ3n) is 5.26. The average Bonchev–Trinajstić information content (AvgIpc) is 3.23. The van der Waals surface area contributed by atoms with Gasteiger partial charge in [0.05, 0.1) is 5.39 Å². The second kappa shape index (κ2) is 7.83. The number of rotatable bonds is 5. The molecular weight excluding hydrogens is 372 g/mol. The number of benzene rings is 2. The Hall–Kier alpha value is -3.55. The number of likely N-dealkylation sites (tertiary alicyclic amines) is 1. The van der Waals surface area contributed by atoms with Crippen LogP contribution in [0, 0.1) is 0 Å². The molecule has 1 amide bonds. The topological polar surface area (TPSA) is 105 Å². The standard InChI is InChI=1S/C21H20N4O4/c26-19-15-9-4-5-10-16(15)22-23-25(19)18(13-14-7-2-1-3-8-14)20(27)24-12-6-11-17(24)21(28)29/h1-5,7-10,17-18H,6,11-13H2,(H,28,29)/t17-,18+/m1/s1. The van der Waals surface area contributed by atoms with Gasteiger partial charge in [-0.25, -0.2) is 4.79 Å². The highest BCUT2D eigenvalue weighted by molar-refractivity contribution is 5.87. The van der Waals surface area contributed by atoms with Gasteiger partial charge >= 0.3 is 5.97 Å². The molecule has 0 unspecified atom stereocenters. The Labute approximate surface area is 166 Å². The zero-order chi connectivity index (χ0) is 20.4. The van der Waals surface area contributed by atoms with Crippen LogP contribution >= 0.6 is 0 Å². The molecule has 8 heteroatoms. The van der Waals surface area contributed by atoms with Gasteiger partial charge in [0.25, 0.3) is 5.56 Å². The predicted molar refractivity (Wildman–Crippen MR) is 105 cm³/mol. The number of carbonyl (C=O) groups excluding carboxylic acids is 1. The first-order valence-corrected chi connectivity index (χ1v) is 9.47. The number of hydrogen-bond donors (Lipinski definition) is 1. The highest BCUT2D eigenvalue weighted by Crippen LogP contribution is 2.24. The number of carboxylic acid groups (broad SMARTS) is 1. The van der Waals surface area contributed by atoms with Crippen LogP contribution in [0.4, 0.5) is 0 Å². The van der Waals surface area contributed by atoms with E-state index in [4.69, 9.17) is 0 Å². The molecule has 1 aromatic heterocycles. The highest BCUT2D eigenvalue weighted by atomic mass is 16.4. The molecule has 3 aromatic rings. The van der Waals surface area contributed by atoms with Crippen LogP contribution in [0.3, 0.4) is 0 Å². The van der Waals surface area contributed by atoms with Crippen molar-refractivity contribution in [2.24, 2.45) is 0 Å². The molecule has 8 nitrogen and oxygen atoms in total. The van der Waals surface area contributed by atoms with Gasteiger partial charge in [0.1, 0.15) is 17.6 Å². The number of fused-ring (bicyclic) bond motifs is 1. The van der Waals surface area contributed by atoms with Crippen molar-refractivity contribution in [3.63, 3.8) is 0 Å². The zero-order valence-corrected chi connectivity index (χ0v) is 15.6. The summed E-state index contributed by atoms with van der Waals surface area (Å²) >= 11 is 0. The number of carboxylic acids is 1. The minimum absolute atomic E-state index is 0.218. The molecule has 0 saturated carbocycles. The van der Waals surface area contributed by atoms with E-state index >= 15 is 0 Å². The lowest BCUT2D eigenvalue weighted by molar-refractivity contribution is -0.149. The van der Waals surface area contributed by atoms with Crippen molar-refractivity contribution in [2.75, 3.05) is 6.54 Å². The molecule has 0 bridgehead atoms. The minimum atomic E-state index is -1.04. The van der Waals surface area contributed by atoms with Crippen molar-refractivity contribution < 1.29 is 14.7 Å². The van der Waals surface area contributed by atoms with E-state index in [1.54, 1.807) is 24.3 Å². The predicted octanol–water partition coefficient (Wildman–Crippen LogP) is 1.65. The smallest absolute Gasteiger partial charge is 0.326 e. The van der Waals surface area contributed by atoms with E-state index in [2.05, 4.69) is 10.3 Å². The lowest BCUT2D eigenvalue weighted by Gasteiger charge is -2.27. The maximum atomic E-state index is 13.4. The van der Waals surface area contributed by atoms with Crippen LogP contribution in [0.5, 0.6) is 0 Å². The average molecular weight is 392 g/mol. The first kappa shape index (κ1) is 18.8. The molecule has 2 aromatic carbocycles. The summed E-state index contributed by atoms with van der Waals surface area (Å²) in [6, 6.07) is 14.2. The SMILES string of the molecule is O=C(O)[C@H]1CCCN1C(=O)[C@H](Cc1ccccc1)n1nnc2ccccc2c1=O. The number of hydrogen-bond acceptors (Lipinski definition) is 5. The van der Waals surface area contributed by atoms with Gasteiger partial charge in [0.2, 0.25) is 5.91 Å². The van der Waals surface area contributed by atoms with E-state index in [-0.39, 0.29) is 6.42 Å². The molecule has 1 aliphatic heterocycles. The van der Waals surface area contributed by atoms with Crippen LogP contribution in [0.1, 0.15) is 24.4 Å². The molecular formula is C21H20N4O4. The number of amides is 1. The Bertz CT molecular complexity index is 1110. The minimum Gasteiger partial charge on any atom is -0.480 e. The van der Waals surface area contributed by atoms with E-state index in [1.165, 1.54) is 4.90 Å². The fraction of sp³-hybridized carbons (Fsp3) is 0.286. The molecule has 4 rings (SSSR count). The highest BCUT2D eigenvalue weighted by Gasteiger charge is 2.38. The van der Waals surface area contributed by atoms with Crippen molar-refractivity contribution in [3.8, 4) is 0 Å². The molecule has 0 radical (unpaired) electrons. The van der Waals surface area contributed by atoms with Gasteiger partial charge in [-0.1, -0.05) is 47.7 Å². The summed E-state index contributed by atoms with van der Waals surface area (Å²) in [6.45, 7) is 0.344. The first-order valence-electron chi connectivity index (χ1n) is 9.47. The van der Waals surface area contributed by atoms with Crippen LogP contribution in [0.25, 0.3) is 10.9 Å². The Kier molecular flexibility index (Phi) is 5.07. The first-order chi connectivity index (χ1) is 14.1. The third-order valence-corrected chi connectivity index (χ3v) is 5.26. The van der Waals surface area contributed by atoms with Crippen LogP contribution < -0.4 is 5.56 Å². The van der Waals surface area contributed by atoms with Crippen molar-refractivity contribution in [2.45, 2.75) is 31.3 Å². The third kappa shape index (κ3) is 3.61. The molecule has 29 heavy (non-hydrogen) atoms. The molecule has 1 aliphatic rings. The Morgan fingerprint density at radius 1 is 1.10 bits per heavy atom.